The van der Waals surface area contributed by atoms with E-state index in [4.69, 9.17) is 4.74 Å². The van der Waals surface area contributed by atoms with Gasteiger partial charge in [-0.05, 0) is 74.2 Å². The van der Waals surface area contributed by atoms with Gasteiger partial charge in [-0.25, -0.2) is 0 Å². The van der Waals surface area contributed by atoms with E-state index in [1.54, 1.807) is 6.92 Å². The summed E-state index contributed by atoms with van der Waals surface area (Å²) < 4.78 is 5.94. The van der Waals surface area contributed by atoms with Gasteiger partial charge in [0.1, 0.15) is 11.9 Å². The third-order valence-electron chi connectivity index (χ3n) is 8.68. The average Bonchev–Trinajstić information content (AvgIpc) is 2.91. The predicted molar refractivity (Wildman–Crippen MR) is 102 cm³/mol. The van der Waals surface area contributed by atoms with E-state index in [0.717, 1.165) is 38.5 Å². The van der Waals surface area contributed by atoms with Crippen LogP contribution in [0.2, 0.25) is 0 Å². The Morgan fingerprint density at radius 2 is 1.85 bits per heavy atom. The van der Waals surface area contributed by atoms with Gasteiger partial charge >= 0.3 is 5.97 Å². The highest BCUT2D eigenvalue weighted by molar-refractivity contribution is 5.91. The van der Waals surface area contributed by atoms with Crippen molar-refractivity contribution in [2.75, 3.05) is 0 Å². The molecule has 4 aliphatic carbocycles. The first-order chi connectivity index (χ1) is 12.7. The van der Waals surface area contributed by atoms with Crippen molar-refractivity contribution in [3.05, 3.63) is 11.6 Å². The van der Waals surface area contributed by atoms with E-state index < -0.39 is 0 Å². The van der Waals surface area contributed by atoms with E-state index in [1.165, 1.54) is 12.5 Å². The van der Waals surface area contributed by atoms with Crippen molar-refractivity contribution in [1.29, 1.82) is 0 Å². The first kappa shape index (κ1) is 18.9. The molecule has 27 heavy (non-hydrogen) atoms. The largest absolute Gasteiger partial charge is 0.462 e. The summed E-state index contributed by atoms with van der Waals surface area (Å²) in [5.74, 6) is 1.61. The van der Waals surface area contributed by atoms with Crippen LogP contribution in [0.15, 0.2) is 11.6 Å². The second-order valence-electron chi connectivity index (χ2n) is 9.99. The zero-order valence-electron chi connectivity index (χ0n) is 17.0. The summed E-state index contributed by atoms with van der Waals surface area (Å²) in [5.41, 5.74) is 1.13. The second-order valence-corrected chi connectivity index (χ2v) is 9.99. The Morgan fingerprint density at radius 1 is 1.11 bits per heavy atom. The fourth-order valence-corrected chi connectivity index (χ4v) is 7.64. The minimum Gasteiger partial charge on any atom is -0.462 e. The van der Waals surface area contributed by atoms with Crippen molar-refractivity contribution < 1.29 is 19.1 Å². The summed E-state index contributed by atoms with van der Waals surface area (Å²) in [6, 6.07) is 0. The Labute approximate surface area is 162 Å². The van der Waals surface area contributed by atoms with Crippen LogP contribution < -0.4 is 0 Å². The summed E-state index contributed by atoms with van der Waals surface area (Å²) in [6.07, 6.45) is 8.02. The van der Waals surface area contributed by atoms with Crippen LogP contribution in [0, 0.1) is 34.5 Å². The molecule has 4 aliphatic rings. The molecule has 0 spiro atoms. The molecule has 7 atom stereocenters. The minimum atomic E-state index is -0.232. The molecule has 0 N–H and O–H groups in total. The van der Waals surface area contributed by atoms with Crippen molar-refractivity contribution in [2.24, 2.45) is 34.5 Å². The Balaban J connectivity index is 1.77. The van der Waals surface area contributed by atoms with Crippen LogP contribution >= 0.6 is 0 Å². The summed E-state index contributed by atoms with van der Waals surface area (Å²) >= 11 is 0. The lowest BCUT2D eigenvalue weighted by Gasteiger charge is -2.60. The highest BCUT2D eigenvalue weighted by atomic mass is 16.5. The van der Waals surface area contributed by atoms with Crippen molar-refractivity contribution in [1.82, 2.24) is 0 Å². The molecular formula is C23H32O4. The Hall–Kier alpha value is -1.45. The van der Waals surface area contributed by atoms with Crippen molar-refractivity contribution in [3.63, 3.8) is 0 Å². The van der Waals surface area contributed by atoms with Gasteiger partial charge in [-0.2, -0.15) is 0 Å². The van der Waals surface area contributed by atoms with E-state index in [0.29, 0.717) is 18.3 Å². The molecule has 0 aromatic heterocycles. The SMILES string of the molecule is CC(=O)O[C@H]1C[C@]2(C)[C@H](CC[C@H]2C(C)=O)[C@H]2CCC3=CC(=O)CC[C@]3(C)[C@@H]21. The predicted octanol–water partition coefficient (Wildman–Crippen LogP) is 4.27. The third-order valence-corrected chi connectivity index (χ3v) is 8.68. The van der Waals surface area contributed by atoms with E-state index in [1.807, 2.05) is 6.08 Å². The summed E-state index contributed by atoms with van der Waals surface area (Å²) in [4.78, 5) is 36.4. The van der Waals surface area contributed by atoms with Gasteiger partial charge in [-0.1, -0.05) is 19.4 Å². The molecule has 0 bridgehead atoms. The summed E-state index contributed by atoms with van der Waals surface area (Å²) in [5, 5.41) is 0. The Bertz CT molecular complexity index is 722. The maximum atomic E-state index is 12.4. The maximum absolute atomic E-state index is 12.4. The molecule has 4 heteroatoms. The van der Waals surface area contributed by atoms with Crippen molar-refractivity contribution in [2.45, 2.75) is 78.7 Å². The molecule has 0 heterocycles. The lowest BCUT2D eigenvalue weighted by molar-refractivity contribution is -0.176. The molecule has 0 aromatic rings. The molecule has 0 unspecified atom stereocenters. The number of fused-ring (bicyclic) bond motifs is 5. The molecule has 4 rings (SSSR count). The first-order valence-electron chi connectivity index (χ1n) is 10.6. The van der Waals surface area contributed by atoms with Gasteiger partial charge in [0.25, 0.3) is 0 Å². The molecule has 0 saturated heterocycles. The number of hydrogen-bond acceptors (Lipinski definition) is 4. The topological polar surface area (TPSA) is 60.4 Å². The van der Waals surface area contributed by atoms with Gasteiger partial charge < -0.3 is 4.74 Å². The monoisotopic (exact) mass is 372 g/mol. The van der Waals surface area contributed by atoms with Crippen molar-refractivity contribution in [3.8, 4) is 0 Å². The standard InChI is InChI=1S/C23H32O4/c1-13(24)18-7-8-19-17-6-5-15-11-16(26)9-10-22(15,3)21(17)20(27-14(2)25)12-23(18,19)4/h11,17-21H,5-10,12H2,1-4H3/t17-,18+,19-,20+,21+,22+,23+/m1/s1. The van der Waals surface area contributed by atoms with Crippen LogP contribution in [-0.4, -0.2) is 23.6 Å². The molecule has 148 valence electrons. The normalized spacial score (nSPS) is 46.0. The number of Topliss-reactive ketones (excluding diaryl/α,β-unsaturated/α-hetero) is 1. The third kappa shape index (κ3) is 2.74. The highest BCUT2D eigenvalue weighted by Crippen LogP contribution is 2.67. The van der Waals surface area contributed by atoms with E-state index in [9.17, 15) is 14.4 Å². The van der Waals surface area contributed by atoms with Gasteiger partial charge in [-0.3, -0.25) is 14.4 Å². The molecular weight excluding hydrogens is 340 g/mol. The Morgan fingerprint density at radius 3 is 2.52 bits per heavy atom. The van der Waals surface area contributed by atoms with Crippen LogP contribution in [0.1, 0.15) is 72.6 Å². The molecule has 0 amide bonds. The number of esters is 1. The van der Waals surface area contributed by atoms with Crippen LogP contribution in [-0.2, 0) is 19.1 Å². The van der Waals surface area contributed by atoms with Gasteiger partial charge in [0, 0.05) is 25.2 Å². The number of ether oxygens (including phenoxy) is 1. The molecule has 0 radical (unpaired) electrons. The maximum Gasteiger partial charge on any atom is 0.302 e. The zero-order valence-corrected chi connectivity index (χ0v) is 17.0. The lowest BCUT2D eigenvalue weighted by atomic mass is 9.46. The minimum absolute atomic E-state index is 0.0629. The van der Waals surface area contributed by atoms with Gasteiger partial charge in [-0.15, -0.1) is 0 Å². The van der Waals surface area contributed by atoms with Gasteiger partial charge in [0.2, 0.25) is 0 Å². The van der Waals surface area contributed by atoms with E-state index in [2.05, 4.69) is 13.8 Å². The summed E-state index contributed by atoms with van der Waals surface area (Å²) in [6.45, 7) is 7.77. The van der Waals surface area contributed by atoms with Gasteiger partial charge in [0.05, 0.1) is 0 Å². The smallest absolute Gasteiger partial charge is 0.302 e. The number of allylic oxidation sites excluding steroid dienone is 1. The van der Waals surface area contributed by atoms with E-state index in [-0.39, 0.29) is 46.3 Å². The number of rotatable bonds is 2. The fraction of sp³-hybridized carbons (Fsp3) is 0.783. The lowest BCUT2D eigenvalue weighted by Crippen LogP contribution is -2.57. The molecule has 3 saturated carbocycles. The van der Waals surface area contributed by atoms with Crippen molar-refractivity contribution >= 4 is 17.5 Å². The molecule has 3 fully saturated rings. The fourth-order valence-electron chi connectivity index (χ4n) is 7.64. The number of ketones is 2. The zero-order chi connectivity index (χ0) is 19.6. The Kier molecular flexibility index (Phi) is 4.40. The molecule has 0 aliphatic heterocycles. The van der Waals surface area contributed by atoms with Crippen LogP contribution in [0.4, 0.5) is 0 Å². The number of hydrogen-bond donors (Lipinski definition) is 0. The van der Waals surface area contributed by atoms with Gasteiger partial charge in [0.15, 0.2) is 5.78 Å². The first-order valence-corrected chi connectivity index (χ1v) is 10.6. The van der Waals surface area contributed by atoms with Crippen LogP contribution in [0.3, 0.4) is 0 Å². The second kappa shape index (κ2) is 6.28. The quantitative estimate of drug-likeness (QED) is 0.679. The molecule has 0 aromatic carbocycles. The summed E-state index contributed by atoms with van der Waals surface area (Å²) in [7, 11) is 0. The number of carbonyl (C=O) groups is 3. The molecule has 4 nitrogen and oxygen atoms in total. The highest BCUT2D eigenvalue weighted by Gasteiger charge is 2.63. The van der Waals surface area contributed by atoms with Crippen LogP contribution in [0.5, 0.6) is 0 Å². The van der Waals surface area contributed by atoms with Crippen LogP contribution in [0.25, 0.3) is 0 Å². The number of carbonyl (C=O) groups excluding carboxylic acids is 3. The van der Waals surface area contributed by atoms with E-state index >= 15 is 0 Å². The average molecular weight is 373 g/mol.